The third kappa shape index (κ3) is 5.36. The van der Waals surface area contributed by atoms with E-state index in [9.17, 15) is 0 Å². The van der Waals surface area contributed by atoms with Crippen molar-refractivity contribution < 1.29 is 4.74 Å². The predicted molar refractivity (Wildman–Crippen MR) is 73.4 cm³/mol. The van der Waals surface area contributed by atoms with Crippen LogP contribution in [0.5, 0.6) is 0 Å². The van der Waals surface area contributed by atoms with E-state index in [1.165, 1.54) is 32.4 Å². The average molecular weight is 242 g/mol. The topological polar surface area (TPSA) is 24.5 Å². The molecule has 1 atom stereocenters. The molecule has 0 aromatic rings. The van der Waals surface area contributed by atoms with Gasteiger partial charge in [0.2, 0.25) is 0 Å². The highest BCUT2D eigenvalue weighted by atomic mass is 16.5. The molecule has 0 aromatic heterocycles. The van der Waals surface area contributed by atoms with Crippen LogP contribution in [0.4, 0.5) is 0 Å². The molecule has 1 heterocycles. The van der Waals surface area contributed by atoms with Gasteiger partial charge in [0, 0.05) is 25.7 Å². The first-order chi connectivity index (χ1) is 8.17. The quantitative estimate of drug-likeness (QED) is 0.740. The van der Waals surface area contributed by atoms with Crippen molar-refractivity contribution in [3.8, 4) is 0 Å². The van der Waals surface area contributed by atoms with Gasteiger partial charge in [-0.2, -0.15) is 0 Å². The summed E-state index contributed by atoms with van der Waals surface area (Å²) in [5, 5.41) is 3.53. The third-order valence-corrected chi connectivity index (χ3v) is 3.86. The monoisotopic (exact) mass is 242 g/mol. The van der Waals surface area contributed by atoms with Crippen LogP contribution in [0.1, 0.15) is 40.0 Å². The van der Waals surface area contributed by atoms with Crippen molar-refractivity contribution >= 4 is 0 Å². The van der Waals surface area contributed by atoms with Crippen LogP contribution in [0.3, 0.4) is 0 Å². The standard InChI is InChI=1S/C14H30N2O/c1-5-13-6-8-16(9-7-13)14(11-17-4)10-15-12(2)3/h12-15H,5-11H2,1-4H3. The molecule has 0 saturated carbocycles. The summed E-state index contributed by atoms with van der Waals surface area (Å²) in [4.78, 5) is 2.60. The third-order valence-electron chi connectivity index (χ3n) is 3.86. The van der Waals surface area contributed by atoms with Gasteiger partial charge in [0.05, 0.1) is 6.61 Å². The molecule has 17 heavy (non-hydrogen) atoms. The van der Waals surface area contributed by atoms with Crippen molar-refractivity contribution in [1.29, 1.82) is 0 Å². The van der Waals surface area contributed by atoms with E-state index in [1.54, 1.807) is 7.11 Å². The van der Waals surface area contributed by atoms with E-state index in [2.05, 4.69) is 31.0 Å². The van der Waals surface area contributed by atoms with Crippen LogP contribution in [-0.2, 0) is 4.74 Å². The number of hydrogen-bond acceptors (Lipinski definition) is 3. The molecule has 0 aromatic carbocycles. The van der Waals surface area contributed by atoms with E-state index in [0.29, 0.717) is 12.1 Å². The van der Waals surface area contributed by atoms with E-state index in [0.717, 1.165) is 19.1 Å². The van der Waals surface area contributed by atoms with Gasteiger partial charge in [-0.1, -0.05) is 27.2 Å². The molecule has 0 amide bonds. The normalized spacial score (nSPS) is 21.0. The van der Waals surface area contributed by atoms with Gasteiger partial charge in [0.1, 0.15) is 0 Å². The Morgan fingerprint density at radius 3 is 2.41 bits per heavy atom. The maximum Gasteiger partial charge on any atom is 0.0630 e. The zero-order chi connectivity index (χ0) is 12.7. The van der Waals surface area contributed by atoms with Crippen LogP contribution < -0.4 is 5.32 Å². The molecule has 1 N–H and O–H groups in total. The molecule has 0 aliphatic carbocycles. The highest BCUT2D eigenvalue weighted by Crippen LogP contribution is 2.21. The van der Waals surface area contributed by atoms with Gasteiger partial charge in [0.15, 0.2) is 0 Å². The summed E-state index contributed by atoms with van der Waals surface area (Å²) in [7, 11) is 1.81. The van der Waals surface area contributed by atoms with Gasteiger partial charge in [-0.15, -0.1) is 0 Å². The van der Waals surface area contributed by atoms with E-state index in [-0.39, 0.29) is 0 Å². The van der Waals surface area contributed by atoms with Crippen LogP contribution >= 0.6 is 0 Å². The molecular weight excluding hydrogens is 212 g/mol. The molecule has 3 heteroatoms. The smallest absolute Gasteiger partial charge is 0.0630 e. The molecule has 1 aliphatic rings. The number of methoxy groups -OCH3 is 1. The van der Waals surface area contributed by atoms with Crippen molar-refractivity contribution in [1.82, 2.24) is 10.2 Å². The van der Waals surface area contributed by atoms with Crippen molar-refractivity contribution in [2.75, 3.05) is 33.4 Å². The number of nitrogens with one attached hydrogen (secondary N) is 1. The van der Waals surface area contributed by atoms with Crippen LogP contribution in [0.25, 0.3) is 0 Å². The zero-order valence-electron chi connectivity index (χ0n) is 12.0. The van der Waals surface area contributed by atoms with Crippen molar-refractivity contribution in [2.24, 2.45) is 5.92 Å². The minimum absolute atomic E-state index is 0.542. The Bertz CT molecular complexity index is 189. The maximum atomic E-state index is 5.36. The number of rotatable bonds is 7. The van der Waals surface area contributed by atoms with Crippen LogP contribution in [-0.4, -0.2) is 50.3 Å². The first kappa shape index (κ1) is 14.9. The number of likely N-dealkylation sites (tertiary alicyclic amines) is 1. The van der Waals surface area contributed by atoms with Gasteiger partial charge in [-0.25, -0.2) is 0 Å². The first-order valence-corrected chi connectivity index (χ1v) is 7.13. The minimum Gasteiger partial charge on any atom is -0.383 e. The lowest BCUT2D eigenvalue weighted by atomic mass is 9.93. The summed E-state index contributed by atoms with van der Waals surface area (Å²) in [6.45, 7) is 11.1. The van der Waals surface area contributed by atoms with Crippen LogP contribution in [0.2, 0.25) is 0 Å². The second kappa shape index (κ2) is 8.06. The molecule has 1 unspecified atom stereocenters. The lowest BCUT2D eigenvalue weighted by Gasteiger charge is -2.37. The lowest BCUT2D eigenvalue weighted by Crippen LogP contribution is -2.49. The lowest BCUT2D eigenvalue weighted by molar-refractivity contribution is 0.0630. The van der Waals surface area contributed by atoms with Gasteiger partial charge < -0.3 is 10.1 Å². The summed E-state index contributed by atoms with van der Waals surface area (Å²) >= 11 is 0. The summed E-state index contributed by atoms with van der Waals surface area (Å²) in [5.74, 6) is 0.951. The Morgan fingerprint density at radius 2 is 1.94 bits per heavy atom. The predicted octanol–water partition coefficient (Wildman–Crippen LogP) is 2.12. The van der Waals surface area contributed by atoms with E-state index < -0.39 is 0 Å². The Hall–Kier alpha value is -0.120. The van der Waals surface area contributed by atoms with Gasteiger partial charge in [-0.05, 0) is 31.8 Å². The Labute approximate surface area is 107 Å². The molecule has 1 saturated heterocycles. The molecule has 0 radical (unpaired) electrons. The fraction of sp³-hybridized carbons (Fsp3) is 1.00. The largest absolute Gasteiger partial charge is 0.383 e. The number of nitrogens with zero attached hydrogens (tertiary/aromatic N) is 1. The summed E-state index contributed by atoms with van der Waals surface area (Å²) in [6.07, 6.45) is 4.06. The highest BCUT2D eigenvalue weighted by Gasteiger charge is 2.24. The highest BCUT2D eigenvalue weighted by molar-refractivity contribution is 4.80. The number of ether oxygens (including phenoxy) is 1. The number of piperidine rings is 1. The van der Waals surface area contributed by atoms with Crippen molar-refractivity contribution in [3.63, 3.8) is 0 Å². The molecule has 1 rings (SSSR count). The van der Waals surface area contributed by atoms with Crippen LogP contribution in [0, 0.1) is 5.92 Å². The summed E-state index contributed by atoms with van der Waals surface area (Å²) < 4.78 is 5.36. The first-order valence-electron chi connectivity index (χ1n) is 7.13. The Balaban J connectivity index is 2.36. The second-order valence-electron chi connectivity index (χ2n) is 5.56. The molecule has 102 valence electrons. The number of hydrogen-bond donors (Lipinski definition) is 1. The van der Waals surface area contributed by atoms with Crippen molar-refractivity contribution in [2.45, 2.75) is 52.1 Å². The van der Waals surface area contributed by atoms with Crippen LogP contribution in [0.15, 0.2) is 0 Å². The molecule has 1 aliphatic heterocycles. The van der Waals surface area contributed by atoms with Gasteiger partial charge >= 0.3 is 0 Å². The Kier molecular flexibility index (Phi) is 7.09. The fourth-order valence-corrected chi connectivity index (χ4v) is 2.58. The summed E-state index contributed by atoms with van der Waals surface area (Å²) in [6, 6.07) is 1.10. The van der Waals surface area contributed by atoms with Gasteiger partial charge in [-0.3, -0.25) is 4.90 Å². The summed E-state index contributed by atoms with van der Waals surface area (Å²) in [5.41, 5.74) is 0. The zero-order valence-corrected chi connectivity index (χ0v) is 12.0. The van der Waals surface area contributed by atoms with Crippen molar-refractivity contribution in [3.05, 3.63) is 0 Å². The maximum absolute atomic E-state index is 5.36. The van der Waals surface area contributed by atoms with E-state index in [1.807, 2.05) is 0 Å². The molecule has 0 spiro atoms. The second-order valence-corrected chi connectivity index (χ2v) is 5.56. The molecule has 0 bridgehead atoms. The molecule has 3 nitrogen and oxygen atoms in total. The van der Waals surface area contributed by atoms with E-state index in [4.69, 9.17) is 4.74 Å². The molecular formula is C14H30N2O. The average Bonchev–Trinajstić information content (AvgIpc) is 2.34. The Morgan fingerprint density at radius 1 is 1.29 bits per heavy atom. The van der Waals surface area contributed by atoms with Gasteiger partial charge in [0.25, 0.3) is 0 Å². The SMILES string of the molecule is CCC1CCN(C(CNC(C)C)COC)CC1. The molecule has 1 fully saturated rings. The minimum atomic E-state index is 0.542. The fourth-order valence-electron chi connectivity index (χ4n) is 2.58. The van der Waals surface area contributed by atoms with E-state index >= 15 is 0 Å².